The van der Waals surface area contributed by atoms with Gasteiger partial charge in [0.15, 0.2) is 11.0 Å². The van der Waals surface area contributed by atoms with E-state index in [0.29, 0.717) is 16.5 Å². The SMILES string of the molecule is Cc1cccc(C(=O)N[C@H](C)c2nnc(SCC(=O)Nc3c(C)cc(I)cc3C)n2C)c1. The highest BCUT2D eigenvalue weighted by Crippen LogP contribution is 2.24. The third-order valence-corrected chi connectivity index (χ3v) is 6.62. The molecular formula is C23H26IN5O2S. The summed E-state index contributed by atoms with van der Waals surface area (Å²) in [7, 11) is 1.83. The maximum Gasteiger partial charge on any atom is 0.251 e. The molecule has 0 saturated heterocycles. The van der Waals surface area contributed by atoms with E-state index in [0.717, 1.165) is 25.9 Å². The Morgan fingerprint density at radius 1 is 1.12 bits per heavy atom. The van der Waals surface area contributed by atoms with Gasteiger partial charge in [0.25, 0.3) is 5.91 Å². The highest BCUT2D eigenvalue weighted by atomic mass is 127. The maximum atomic E-state index is 12.5. The van der Waals surface area contributed by atoms with Gasteiger partial charge in [-0.15, -0.1) is 10.2 Å². The third kappa shape index (κ3) is 5.89. The summed E-state index contributed by atoms with van der Waals surface area (Å²) in [6.07, 6.45) is 0. The van der Waals surface area contributed by atoms with E-state index in [1.54, 1.807) is 10.6 Å². The zero-order valence-corrected chi connectivity index (χ0v) is 21.7. The number of halogens is 1. The van der Waals surface area contributed by atoms with Crippen LogP contribution in [0.15, 0.2) is 41.6 Å². The number of anilines is 1. The second-order valence-electron chi connectivity index (χ2n) is 7.72. The Kier molecular flexibility index (Phi) is 7.94. The van der Waals surface area contributed by atoms with Gasteiger partial charge in [-0.3, -0.25) is 9.59 Å². The van der Waals surface area contributed by atoms with E-state index in [2.05, 4.69) is 43.4 Å². The monoisotopic (exact) mass is 563 g/mol. The van der Waals surface area contributed by atoms with Crippen LogP contribution in [0, 0.1) is 24.3 Å². The minimum atomic E-state index is -0.333. The van der Waals surface area contributed by atoms with Crippen molar-refractivity contribution in [3.63, 3.8) is 0 Å². The van der Waals surface area contributed by atoms with E-state index in [-0.39, 0.29) is 23.6 Å². The molecule has 2 N–H and O–H groups in total. The Morgan fingerprint density at radius 2 is 1.81 bits per heavy atom. The van der Waals surface area contributed by atoms with E-state index in [1.807, 2.05) is 65.1 Å². The van der Waals surface area contributed by atoms with Crippen molar-refractivity contribution in [2.75, 3.05) is 11.1 Å². The molecule has 3 aromatic rings. The Morgan fingerprint density at radius 3 is 2.47 bits per heavy atom. The van der Waals surface area contributed by atoms with Crippen LogP contribution in [0.1, 0.15) is 45.8 Å². The Balaban J connectivity index is 1.61. The number of rotatable bonds is 7. The summed E-state index contributed by atoms with van der Waals surface area (Å²) in [5.74, 6) is 0.563. The van der Waals surface area contributed by atoms with Gasteiger partial charge < -0.3 is 15.2 Å². The summed E-state index contributed by atoms with van der Waals surface area (Å²) in [5, 5.41) is 15.0. The quantitative estimate of drug-likeness (QED) is 0.325. The summed E-state index contributed by atoms with van der Waals surface area (Å²) >= 11 is 3.58. The third-order valence-electron chi connectivity index (χ3n) is 4.98. The van der Waals surface area contributed by atoms with E-state index < -0.39 is 0 Å². The van der Waals surface area contributed by atoms with Gasteiger partial charge in [0.2, 0.25) is 5.91 Å². The molecule has 0 aliphatic rings. The van der Waals surface area contributed by atoms with Crippen LogP contribution >= 0.6 is 34.4 Å². The van der Waals surface area contributed by atoms with Gasteiger partial charge in [-0.2, -0.15) is 0 Å². The molecule has 0 radical (unpaired) electrons. The van der Waals surface area contributed by atoms with Crippen molar-refractivity contribution < 1.29 is 9.59 Å². The zero-order valence-electron chi connectivity index (χ0n) is 18.7. The summed E-state index contributed by atoms with van der Waals surface area (Å²) < 4.78 is 2.95. The van der Waals surface area contributed by atoms with Crippen LogP contribution in [0.5, 0.6) is 0 Å². The van der Waals surface area contributed by atoms with E-state index >= 15 is 0 Å². The molecule has 2 aromatic carbocycles. The number of nitrogens with zero attached hydrogens (tertiary/aromatic N) is 3. The van der Waals surface area contributed by atoms with Crippen LogP contribution in [0.3, 0.4) is 0 Å². The number of nitrogens with one attached hydrogen (secondary N) is 2. The molecule has 32 heavy (non-hydrogen) atoms. The Bertz CT molecular complexity index is 1140. The van der Waals surface area contributed by atoms with Crippen molar-refractivity contribution in [2.24, 2.45) is 7.05 Å². The summed E-state index contributed by atoms with van der Waals surface area (Å²) in [6, 6.07) is 11.2. The molecule has 1 aromatic heterocycles. The van der Waals surface area contributed by atoms with Gasteiger partial charge in [-0.05, 0) is 85.7 Å². The predicted octanol–water partition coefficient (Wildman–Crippen LogP) is 4.57. The first-order valence-corrected chi connectivity index (χ1v) is 12.2. The second-order valence-corrected chi connectivity index (χ2v) is 9.90. The summed E-state index contributed by atoms with van der Waals surface area (Å²) in [4.78, 5) is 25.0. The highest BCUT2D eigenvalue weighted by Gasteiger charge is 2.19. The first kappa shape index (κ1) is 24.2. The van der Waals surface area contributed by atoms with Crippen molar-refractivity contribution in [1.82, 2.24) is 20.1 Å². The lowest BCUT2D eigenvalue weighted by molar-refractivity contribution is -0.113. The van der Waals surface area contributed by atoms with Gasteiger partial charge in [-0.25, -0.2) is 0 Å². The molecular weight excluding hydrogens is 537 g/mol. The fourth-order valence-corrected chi connectivity index (χ4v) is 5.03. The van der Waals surface area contributed by atoms with Gasteiger partial charge in [0.05, 0.1) is 11.8 Å². The average molecular weight is 563 g/mol. The molecule has 2 amide bonds. The van der Waals surface area contributed by atoms with Crippen molar-refractivity contribution in [3.8, 4) is 0 Å². The molecule has 0 aliphatic heterocycles. The molecule has 1 heterocycles. The van der Waals surface area contributed by atoms with Crippen molar-refractivity contribution in [2.45, 2.75) is 38.9 Å². The van der Waals surface area contributed by atoms with Crippen molar-refractivity contribution in [3.05, 3.63) is 68.0 Å². The molecule has 7 nitrogen and oxygen atoms in total. The van der Waals surface area contributed by atoms with Crippen LogP contribution in [-0.4, -0.2) is 32.3 Å². The van der Waals surface area contributed by atoms with Gasteiger partial charge in [0, 0.05) is 21.9 Å². The number of amides is 2. The second kappa shape index (κ2) is 10.5. The standard InChI is InChI=1S/C23H26IN5O2S/c1-13-7-6-8-17(9-13)22(31)25-16(4)21-27-28-23(29(21)5)32-12-19(30)26-20-14(2)10-18(24)11-15(20)3/h6-11,16H,12H2,1-5H3,(H,25,31)(H,26,30)/t16-/m1/s1. The Hall–Kier alpha value is -2.40. The Labute approximate surface area is 205 Å². The van der Waals surface area contributed by atoms with Gasteiger partial charge >= 0.3 is 0 Å². The lowest BCUT2D eigenvalue weighted by Crippen LogP contribution is -2.28. The number of aryl methyl sites for hydroxylation is 3. The van der Waals surface area contributed by atoms with Crippen LogP contribution in [0.4, 0.5) is 5.69 Å². The van der Waals surface area contributed by atoms with Gasteiger partial charge in [-0.1, -0.05) is 29.5 Å². The largest absolute Gasteiger partial charge is 0.342 e. The van der Waals surface area contributed by atoms with Crippen LogP contribution < -0.4 is 10.6 Å². The molecule has 3 rings (SSSR count). The van der Waals surface area contributed by atoms with Crippen molar-refractivity contribution >= 4 is 51.9 Å². The molecule has 1 atom stereocenters. The molecule has 0 saturated carbocycles. The van der Waals surface area contributed by atoms with Crippen molar-refractivity contribution in [1.29, 1.82) is 0 Å². The van der Waals surface area contributed by atoms with Crippen LogP contribution in [-0.2, 0) is 11.8 Å². The van der Waals surface area contributed by atoms with Crippen LogP contribution in [0.2, 0.25) is 0 Å². The fraction of sp³-hybridized carbons (Fsp3) is 0.304. The van der Waals surface area contributed by atoms with Gasteiger partial charge in [0.1, 0.15) is 0 Å². The zero-order chi connectivity index (χ0) is 23.4. The number of thioether (sulfide) groups is 1. The predicted molar refractivity (Wildman–Crippen MR) is 136 cm³/mol. The average Bonchev–Trinajstić information content (AvgIpc) is 3.09. The number of hydrogen-bond donors (Lipinski definition) is 2. The molecule has 0 fully saturated rings. The minimum Gasteiger partial charge on any atom is -0.342 e. The van der Waals surface area contributed by atoms with E-state index in [1.165, 1.54) is 11.8 Å². The highest BCUT2D eigenvalue weighted by molar-refractivity contribution is 14.1. The number of hydrogen-bond acceptors (Lipinski definition) is 5. The number of carbonyl (C=O) groups excluding carboxylic acids is 2. The van der Waals surface area contributed by atoms with E-state index in [9.17, 15) is 9.59 Å². The normalized spacial score (nSPS) is 11.8. The first-order valence-electron chi connectivity index (χ1n) is 10.1. The lowest BCUT2D eigenvalue weighted by atomic mass is 10.1. The molecule has 0 bridgehead atoms. The topological polar surface area (TPSA) is 88.9 Å². The minimum absolute atomic E-state index is 0.104. The molecule has 0 unspecified atom stereocenters. The number of carbonyl (C=O) groups is 2. The smallest absolute Gasteiger partial charge is 0.251 e. The summed E-state index contributed by atoms with van der Waals surface area (Å²) in [6.45, 7) is 7.78. The maximum absolute atomic E-state index is 12.5. The van der Waals surface area contributed by atoms with Crippen LogP contribution in [0.25, 0.3) is 0 Å². The fourth-order valence-electron chi connectivity index (χ4n) is 3.37. The molecule has 0 aliphatic carbocycles. The molecule has 0 spiro atoms. The lowest BCUT2D eigenvalue weighted by Gasteiger charge is -2.14. The summed E-state index contributed by atoms with van der Waals surface area (Å²) in [5.41, 5.74) is 4.55. The van der Waals surface area contributed by atoms with E-state index in [4.69, 9.17) is 0 Å². The first-order chi connectivity index (χ1) is 15.2. The molecule has 168 valence electrons. The molecule has 9 heteroatoms. The number of benzene rings is 2. The number of aromatic nitrogens is 3.